The zero-order chi connectivity index (χ0) is 7.23. The van der Waals surface area contributed by atoms with Crippen molar-refractivity contribution in [2.75, 3.05) is 5.75 Å². The van der Waals surface area contributed by atoms with E-state index in [0.29, 0.717) is 0 Å². The highest BCUT2D eigenvalue weighted by Crippen LogP contribution is 2.18. The summed E-state index contributed by atoms with van der Waals surface area (Å²) in [6.45, 7) is 0. The van der Waals surface area contributed by atoms with E-state index < -0.39 is 0 Å². The predicted molar refractivity (Wildman–Crippen MR) is 41.9 cm³/mol. The molecule has 1 heterocycles. The summed E-state index contributed by atoms with van der Waals surface area (Å²) in [5.74, 6) is 1.03. The molecule has 0 radical (unpaired) electrons. The Morgan fingerprint density at radius 3 is 3.10 bits per heavy atom. The Morgan fingerprint density at radius 1 is 1.40 bits per heavy atom. The van der Waals surface area contributed by atoms with E-state index in [-0.39, 0.29) is 6.10 Å². The van der Waals surface area contributed by atoms with Crippen LogP contribution in [-0.4, -0.2) is 18.1 Å². The molecule has 0 spiro atoms. The maximum absolute atomic E-state index is 10.3. The SMILES string of the molecule is O=CC1CCCCCSO1. The van der Waals surface area contributed by atoms with Crippen LogP contribution in [-0.2, 0) is 8.98 Å². The third kappa shape index (κ3) is 2.71. The quantitative estimate of drug-likeness (QED) is 0.432. The Kier molecular flexibility index (Phi) is 3.83. The van der Waals surface area contributed by atoms with Crippen LogP contribution in [0, 0.1) is 0 Å². The smallest absolute Gasteiger partial charge is 0.150 e. The van der Waals surface area contributed by atoms with Gasteiger partial charge in [-0.3, -0.25) is 0 Å². The molecule has 0 bridgehead atoms. The van der Waals surface area contributed by atoms with E-state index in [1.165, 1.54) is 24.9 Å². The van der Waals surface area contributed by atoms with Gasteiger partial charge in [-0.05, 0) is 24.9 Å². The molecule has 1 aliphatic heterocycles. The third-order valence-corrected chi connectivity index (χ3v) is 2.40. The highest BCUT2D eigenvalue weighted by Gasteiger charge is 2.09. The first-order chi connectivity index (χ1) is 4.93. The Bertz CT molecular complexity index is 97.8. The molecule has 10 heavy (non-hydrogen) atoms. The van der Waals surface area contributed by atoms with Crippen molar-refractivity contribution in [2.24, 2.45) is 0 Å². The first-order valence-corrected chi connectivity index (χ1v) is 4.58. The zero-order valence-electron chi connectivity index (χ0n) is 5.91. The van der Waals surface area contributed by atoms with Crippen molar-refractivity contribution < 1.29 is 8.98 Å². The van der Waals surface area contributed by atoms with Gasteiger partial charge in [-0.25, -0.2) is 0 Å². The fourth-order valence-corrected chi connectivity index (χ4v) is 1.69. The van der Waals surface area contributed by atoms with Gasteiger partial charge in [0.05, 0.1) is 0 Å². The van der Waals surface area contributed by atoms with Crippen molar-refractivity contribution in [1.29, 1.82) is 0 Å². The van der Waals surface area contributed by atoms with Gasteiger partial charge in [0.15, 0.2) is 0 Å². The van der Waals surface area contributed by atoms with Gasteiger partial charge >= 0.3 is 0 Å². The van der Waals surface area contributed by atoms with Crippen LogP contribution < -0.4 is 0 Å². The van der Waals surface area contributed by atoms with E-state index in [1.54, 1.807) is 0 Å². The van der Waals surface area contributed by atoms with E-state index in [4.69, 9.17) is 4.18 Å². The fourth-order valence-electron chi connectivity index (χ4n) is 0.958. The molecule has 58 valence electrons. The Morgan fingerprint density at radius 2 is 2.30 bits per heavy atom. The van der Waals surface area contributed by atoms with Crippen LogP contribution in [0.5, 0.6) is 0 Å². The van der Waals surface area contributed by atoms with Crippen molar-refractivity contribution >= 4 is 18.3 Å². The summed E-state index contributed by atoms with van der Waals surface area (Å²) >= 11 is 1.43. The van der Waals surface area contributed by atoms with Crippen LogP contribution in [0.25, 0.3) is 0 Å². The highest BCUT2D eigenvalue weighted by molar-refractivity contribution is 7.94. The molecule has 1 saturated heterocycles. The number of carbonyl (C=O) groups is 1. The fraction of sp³-hybridized carbons (Fsp3) is 0.857. The van der Waals surface area contributed by atoms with Crippen LogP contribution >= 0.6 is 12.0 Å². The van der Waals surface area contributed by atoms with Gasteiger partial charge in [0, 0.05) is 5.75 Å². The molecule has 1 fully saturated rings. The molecule has 1 aliphatic rings. The molecule has 0 amide bonds. The molecule has 0 aromatic rings. The minimum absolute atomic E-state index is 0.148. The molecule has 3 heteroatoms. The van der Waals surface area contributed by atoms with Crippen molar-refractivity contribution in [1.82, 2.24) is 0 Å². The second-order valence-corrected chi connectivity index (χ2v) is 3.28. The minimum Gasteiger partial charge on any atom is -0.305 e. The van der Waals surface area contributed by atoms with E-state index in [9.17, 15) is 4.79 Å². The van der Waals surface area contributed by atoms with Gasteiger partial charge in [-0.2, -0.15) is 0 Å². The summed E-state index contributed by atoms with van der Waals surface area (Å²) < 4.78 is 5.18. The van der Waals surface area contributed by atoms with Gasteiger partial charge in [0.2, 0.25) is 0 Å². The number of rotatable bonds is 1. The third-order valence-electron chi connectivity index (χ3n) is 1.56. The van der Waals surface area contributed by atoms with E-state index in [1.807, 2.05) is 0 Å². The largest absolute Gasteiger partial charge is 0.305 e. The Hall–Kier alpha value is -0.0200. The number of hydrogen-bond acceptors (Lipinski definition) is 3. The van der Waals surface area contributed by atoms with Gasteiger partial charge in [0.25, 0.3) is 0 Å². The standard InChI is InChI=1S/C7H12O2S/c8-6-7-4-2-1-3-5-10-9-7/h6-7H,1-5H2. The topological polar surface area (TPSA) is 26.3 Å². The predicted octanol–water partition coefficient (Wildman–Crippen LogP) is 1.79. The average Bonchev–Trinajstić information content (AvgIpc) is 1.87. The lowest BCUT2D eigenvalue weighted by Crippen LogP contribution is -2.12. The number of aldehydes is 1. The van der Waals surface area contributed by atoms with Crippen LogP contribution in [0.3, 0.4) is 0 Å². The lowest BCUT2D eigenvalue weighted by Gasteiger charge is -2.13. The lowest BCUT2D eigenvalue weighted by atomic mass is 10.1. The minimum atomic E-state index is -0.148. The monoisotopic (exact) mass is 160 g/mol. The summed E-state index contributed by atoms with van der Waals surface area (Å²) in [4.78, 5) is 10.3. The number of carbonyl (C=O) groups excluding carboxylic acids is 1. The van der Waals surface area contributed by atoms with Gasteiger partial charge in [-0.1, -0.05) is 12.8 Å². The van der Waals surface area contributed by atoms with E-state index >= 15 is 0 Å². The maximum atomic E-state index is 10.3. The second-order valence-electron chi connectivity index (χ2n) is 2.44. The normalized spacial score (nSPS) is 28.6. The molecular weight excluding hydrogens is 148 g/mol. The first-order valence-electron chi connectivity index (χ1n) is 3.67. The zero-order valence-corrected chi connectivity index (χ0v) is 6.73. The summed E-state index contributed by atoms with van der Waals surface area (Å²) in [5.41, 5.74) is 0. The summed E-state index contributed by atoms with van der Waals surface area (Å²) in [7, 11) is 0. The molecule has 0 aromatic heterocycles. The van der Waals surface area contributed by atoms with Crippen molar-refractivity contribution in [3.05, 3.63) is 0 Å². The van der Waals surface area contributed by atoms with Gasteiger partial charge in [-0.15, -0.1) is 0 Å². The van der Waals surface area contributed by atoms with Gasteiger partial charge < -0.3 is 8.98 Å². The molecule has 0 N–H and O–H groups in total. The lowest BCUT2D eigenvalue weighted by molar-refractivity contribution is -0.113. The van der Waals surface area contributed by atoms with E-state index in [0.717, 1.165) is 24.9 Å². The molecule has 2 nitrogen and oxygen atoms in total. The molecular formula is C7H12O2S. The molecule has 1 rings (SSSR count). The summed E-state index contributed by atoms with van der Waals surface area (Å²) in [6, 6.07) is 0. The molecule has 1 atom stereocenters. The Balaban J connectivity index is 2.22. The highest BCUT2D eigenvalue weighted by atomic mass is 32.2. The number of hydrogen-bond donors (Lipinski definition) is 0. The van der Waals surface area contributed by atoms with Crippen molar-refractivity contribution in [3.63, 3.8) is 0 Å². The first kappa shape index (κ1) is 8.08. The molecule has 0 aliphatic carbocycles. The summed E-state index contributed by atoms with van der Waals surface area (Å²) in [6.07, 6.45) is 5.24. The molecule has 1 unspecified atom stereocenters. The van der Waals surface area contributed by atoms with Crippen molar-refractivity contribution in [2.45, 2.75) is 31.8 Å². The van der Waals surface area contributed by atoms with Gasteiger partial charge in [0.1, 0.15) is 12.4 Å². The Labute approximate surface area is 65.5 Å². The van der Waals surface area contributed by atoms with Crippen molar-refractivity contribution in [3.8, 4) is 0 Å². The van der Waals surface area contributed by atoms with Crippen LogP contribution in [0.15, 0.2) is 0 Å². The molecule has 0 saturated carbocycles. The van der Waals surface area contributed by atoms with Crippen LogP contribution in [0.4, 0.5) is 0 Å². The van der Waals surface area contributed by atoms with Crippen LogP contribution in [0.2, 0.25) is 0 Å². The van der Waals surface area contributed by atoms with E-state index in [2.05, 4.69) is 0 Å². The van der Waals surface area contributed by atoms with Crippen LogP contribution in [0.1, 0.15) is 25.7 Å². The summed E-state index contributed by atoms with van der Waals surface area (Å²) in [5, 5.41) is 0. The maximum Gasteiger partial charge on any atom is 0.150 e. The molecule has 0 aromatic carbocycles. The second kappa shape index (κ2) is 4.74. The average molecular weight is 160 g/mol.